The lowest BCUT2D eigenvalue weighted by Gasteiger charge is -1.99. The molecule has 0 aliphatic rings. The summed E-state index contributed by atoms with van der Waals surface area (Å²) in [5.41, 5.74) is 10.4. The number of nitrogens with two attached hydrogens (primary N) is 1. The molecule has 0 aliphatic carbocycles. The van der Waals surface area contributed by atoms with Crippen molar-refractivity contribution in [1.82, 2.24) is 25.3 Å². The van der Waals surface area contributed by atoms with Gasteiger partial charge in [-0.25, -0.2) is 4.63 Å². The van der Waals surface area contributed by atoms with Crippen LogP contribution in [-0.4, -0.2) is 36.7 Å². The lowest BCUT2D eigenvalue weighted by molar-refractivity contribution is 0.306. The zero-order valence-corrected chi connectivity index (χ0v) is 18.2. The van der Waals surface area contributed by atoms with Crippen molar-refractivity contribution in [3.63, 3.8) is 0 Å². The van der Waals surface area contributed by atoms with E-state index in [4.69, 9.17) is 5.73 Å². The Balaban J connectivity index is 1.63. The van der Waals surface area contributed by atoms with Crippen LogP contribution in [0.1, 0.15) is 29.4 Å². The number of allylic oxidation sites excluding steroid dienone is 2. The third-order valence-electron chi connectivity index (χ3n) is 4.74. The number of nitrogen functional groups attached to an aromatic ring is 1. The maximum atomic E-state index is 5.76. The normalized spacial score (nSPS) is 12.0. The molecule has 2 heterocycles. The largest absolute Gasteiger partial charge is 0.378 e. The number of hydrogen-bond acceptors (Lipinski definition) is 8. The first-order valence-electron chi connectivity index (χ1n) is 10.2. The molecule has 0 atom stereocenters. The maximum Gasteiger partial charge on any atom is 0.243 e. The predicted octanol–water partition coefficient (Wildman–Crippen LogP) is 4.13. The highest BCUT2D eigenvalue weighted by Gasteiger charge is 2.17. The Morgan fingerprint density at radius 3 is 2.06 bits per heavy atom. The molecule has 164 valence electrons. The van der Waals surface area contributed by atoms with Crippen molar-refractivity contribution >= 4 is 29.4 Å². The van der Waals surface area contributed by atoms with Gasteiger partial charge in [-0.15, -0.1) is 5.10 Å². The Hall–Kier alpha value is -4.66. The summed E-state index contributed by atoms with van der Waals surface area (Å²) in [4.78, 5) is 0. The third-order valence-corrected chi connectivity index (χ3v) is 4.74. The first-order chi connectivity index (χ1) is 16.1. The van der Waals surface area contributed by atoms with Crippen molar-refractivity contribution in [2.45, 2.75) is 13.8 Å². The number of hydrogen-bond donors (Lipinski definition) is 1. The van der Waals surface area contributed by atoms with Crippen molar-refractivity contribution in [2.75, 3.05) is 5.73 Å². The standard InChI is InChI=1S/C24H22N8O/c1-17(22-18(2)32(31-28-22)24-23(25)29-33-30-24)26-27-21(15-13-19-9-5-3-6-10-19)16-14-20-11-7-4-8-12-20/h3-16H,1-2H3,(H2,25,29). The van der Waals surface area contributed by atoms with E-state index in [1.807, 2.05) is 98.8 Å². The molecule has 0 saturated carbocycles. The minimum absolute atomic E-state index is 0.126. The summed E-state index contributed by atoms with van der Waals surface area (Å²) < 4.78 is 6.10. The van der Waals surface area contributed by atoms with Gasteiger partial charge in [0.25, 0.3) is 0 Å². The molecular weight excluding hydrogens is 416 g/mol. The first kappa shape index (κ1) is 21.6. The lowest BCUT2D eigenvalue weighted by atomic mass is 10.1. The van der Waals surface area contributed by atoms with Crippen LogP contribution in [0.25, 0.3) is 18.0 Å². The number of nitrogens with zero attached hydrogens (tertiary/aromatic N) is 7. The highest BCUT2D eigenvalue weighted by molar-refractivity contribution is 6.09. The Bertz CT molecular complexity index is 1280. The van der Waals surface area contributed by atoms with E-state index >= 15 is 0 Å². The van der Waals surface area contributed by atoms with Crippen LogP contribution in [0.5, 0.6) is 0 Å². The molecule has 4 aromatic rings. The van der Waals surface area contributed by atoms with Crippen molar-refractivity contribution in [2.24, 2.45) is 10.2 Å². The van der Waals surface area contributed by atoms with Gasteiger partial charge in [-0.3, -0.25) is 0 Å². The summed E-state index contributed by atoms with van der Waals surface area (Å²) in [5, 5.41) is 24.5. The second-order valence-electron chi connectivity index (χ2n) is 7.11. The molecule has 0 aliphatic heterocycles. The van der Waals surface area contributed by atoms with Crippen molar-refractivity contribution in [3.05, 3.63) is 95.3 Å². The summed E-state index contributed by atoms with van der Waals surface area (Å²) in [6, 6.07) is 20.0. The highest BCUT2D eigenvalue weighted by atomic mass is 16.6. The maximum absolute atomic E-state index is 5.76. The van der Waals surface area contributed by atoms with Crippen LogP contribution in [0.3, 0.4) is 0 Å². The van der Waals surface area contributed by atoms with Crippen LogP contribution in [-0.2, 0) is 0 Å². The average molecular weight is 438 g/mol. The molecule has 33 heavy (non-hydrogen) atoms. The molecule has 0 fully saturated rings. The minimum Gasteiger partial charge on any atom is -0.378 e. The van der Waals surface area contributed by atoms with E-state index in [-0.39, 0.29) is 11.6 Å². The summed E-state index contributed by atoms with van der Waals surface area (Å²) in [5.74, 6) is 0.404. The van der Waals surface area contributed by atoms with Crippen LogP contribution in [0.4, 0.5) is 5.82 Å². The van der Waals surface area contributed by atoms with Gasteiger partial charge in [-0.05, 0) is 47.4 Å². The minimum atomic E-state index is 0.126. The van der Waals surface area contributed by atoms with E-state index in [9.17, 15) is 0 Å². The lowest BCUT2D eigenvalue weighted by Crippen LogP contribution is -2.04. The van der Waals surface area contributed by atoms with Crippen molar-refractivity contribution in [1.29, 1.82) is 0 Å². The Labute approximate surface area is 190 Å². The van der Waals surface area contributed by atoms with E-state index < -0.39 is 0 Å². The number of rotatable bonds is 7. The fraction of sp³-hybridized carbons (Fsp3) is 0.0833. The van der Waals surface area contributed by atoms with Gasteiger partial charge >= 0.3 is 0 Å². The molecule has 9 nitrogen and oxygen atoms in total. The van der Waals surface area contributed by atoms with Gasteiger partial charge in [-0.1, -0.05) is 78.0 Å². The van der Waals surface area contributed by atoms with Gasteiger partial charge in [0.1, 0.15) is 5.69 Å². The third kappa shape index (κ3) is 5.34. The fourth-order valence-electron chi connectivity index (χ4n) is 3.00. The summed E-state index contributed by atoms with van der Waals surface area (Å²) in [6.45, 7) is 3.65. The van der Waals surface area contributed by atoms with Crippen LogP contribution in [0.15, 0.2) is 87.6 Å². The molecule has 2 N–H and O–H groups in total. The Morgan fingerprint density at radius 1 is 0.909 bits per heavy atom. The molecule has 0 amide bonds. The van der Waals surface area contributed by atoms with Crippen molar-refractivity contribution < 1.29 is 4.63 Å². The van der Waals surface area contributed by atoms with E-state index in [1.165, 1.54) is 4.68 Å². The Morgan fingerprint density at radius 2 is 1.52 bits per heavy atom. The number of anilines is 1. The monoisotopic (exact) mass is 438 g/mol. The molecule has 4 rings (SSSR count). The van der Waals surface area contributed by atoms with E-state index in [2.05, 4.69) is 35.5 Å². The predicted molar refractivity (Wildman–Crippen MR) is 129 cm³/mol. The van der Waals surface area contributed by atoms with Gasteiger partial charge < -0.3 is 5.73 Å². The quantitative estimate of drug-likeness (QED) is 0.342. The molecule has 2 aromatic heterocycles. The number of benzene rings is 2. The molecule has 2 aromatic carbocycles. The van der Waals surface area contributed by atoms with Crippen LogP contribution in [0.2, 0.25) is 0 Å². The SMILES string of the molecule is CC(=NN=C(C=Cc1ccccc1)C=Cc1ccccc1)c1nnn(-c2nonc2N)c1C. The summed E-state index contributed by atoms with van der Waals surface area (Å²) >= 11 is 0. The topological polar surface area (TPSA) is 120 Å². The van der Waals surface area contributed by atoms with Crippen LogP contribution < -0.4 is 5.73 Å². The van der Waals surface area contributed by atoms with Gasteiger partial charge in [-0.2, -0.15) is 14.9 Å². The van der Waals surface area contributed by atoms with E-state index in [0.717, 1.165) is 11.1 Å². The summed E-state index contributed by atoms with van der Waals surface area (Å²) in [7, 11) is 0. The van der Waals surface area contributed by atoms with Gasteiger partial charge in [0.15, 0.2) is 0 Å². The van der Waals surface area contributed by atoms with Gasteiger partial charge in [0.2, 0.25) is 11.6 Å². The fourth-order valence-corrected chi connectivity index (χ4v) is 3.00. The first-order valence-corrected chi connectivity index (χ1v) is 10.2. The zero-order chi connectivity index (χ0) is 23.0. The Kier molecular flexibility index (Phi) is 6.60. The molecular formula is C24H22N8O. The molecule has 0 bridgehead atoms. The van der Waals surface area contributed by atoms with Crippen molar-refractivity contribution in [3.8, 4) is 5.82 Å². The second-order valence-corrected chi connectivity index (χ2v) is 7.11. The molecule has 0 spiro atoms. The summed E-state index contributed by atoms with van der Waals surface area (Å²) in [6.07, 6.45) is 7.80. The van der Waals surface area contributed by atoms with Crippen LogP contribution >= 0.6 is 0 Å². The van der Waals surface area contributed by atoms with E-state index in [1.54, 1.807) is 0 Å². The van der Waals surface area contributed by atoms with Crippen LogP contribution in [0, 0.1) is 6.92 Å². The smallest absolute Gasteiger partial charge is 0.243 e. The second kappa shape index (κ2) is 10.1. The molecule has 0 saturated heterocycles. The van der Waals surface area contributed by atoms with E-state index in [0.29, 0.717) is 22.8 Å². The molecule has 0 radical (unpaired) electrons. The highest BCUT2D eigenvalue weighted by Crippen LogP contribution is 2.15. The van der Waals surface area contributed by atoms with Gasteiger partial charge in [0, 0.05) is 0 Å². The number of aromatic nitrogens is 5. The van der Waals surface area contributed by atoms with Gasteiger partial charge in [0.05, 0.1) is 17.1 Å². The average Bonchev–Trinajstić information content (AvgIpc) is 3.44. The molecule has 0 unspecified atom stereocenters. The zero-order valence-electron chi connectivity index (χ0n) is 18.2. The molecule has 9 heteroatoms.